The molecule has 0 unspecified atom stereocenters. The van der Waals surface area contributed by atoms with Crippen molar-refractivity contribution in [2.24, 2.45) is 0 Å². The van der Waals surface area contributed by atoms with Crippen molar-refractivity contribution in [3.8, 4) is 0 Å². The third-order valence-corrected chi connectivity index (χ3v) is 3.87. The Labute approximate surface area is 134 Å². The Morgan fingerprint density at radius 2 is 1.64 bits per heavy atom. The lowest BCUT2D eigenvalue weighted by Crippen LogP contribution is -2.39. The van der Waals surface area contributed by atoms with E-state index in [4.69, 9.17) is 21.1 Å². The van der Waals surface area contributed by atoms with Gasteiger partial charge in [0, 0.05) is 39.3 Å². The summed E-state index contributed by atoms with van der Waals surface area (Å²) in [7, 11) is 0. The summed E-state index contributed by atoms with van der Waals surface area (Å²) in [4.78, 5) is 17.2. The number of aromatic nitrogens is 3. The molecule has 1 aromatic heterocycles. The second-order valence-corrected chi connectivity index (χ2v) is 5.55. The average Bonchev–Trinajstić information content (AvgIpc) is 2.56. The van der Waals surface area contributed by atoms with Gasteiger partial charge < -0.3 is 19.7 Å². The van der Waals surface area contributed by atoms with Crippen LogP contribution in [0.25, 0.3) is 0 Å². The topological polar surface area (TPSA) is 75.6 Å². The number of hydrogen-bond donors (Lipinski definition) is 1. The minimum atomic E-state index is 0.213. The molecule has 3 heterocycles. The van der Waals surface area contributed by atoms with Crippen LogP contribution >= 0.6 is 11.6 Å². The monoisotopic (exact) mass is 328 g/mol. The molecule has 0 aliphatic carbocycles. The summed E-state index contributed by atoms with van der Waals surface area (Å²) in [6.07, 6.45) is 0. The standard InChI is InChI=1S/C13H21ClN6O2/c14-11-16-12(15-1-2-19-3-7-21-8-4-19)18-13(17-11)20-5-9-22-10-6-20/h1-10H2,(H,15,16,17,18). The third-order valence-electron chi connectivity index (χ3n) is 3.71. The van der Waals surface area contributed by atoms with Gasteiger partial charge in [-0.25, -0.2) is 0 Å². The number of morpholine rings is 2. The van der Waals surface area contributed by atoms with E-state index in [1.165, 1.54) is 0 Å². The number of hydrogen-bond acceptors (Lipinski definition) is 8. The fourth-order valence-corrected chi connectivity index (χ4v) is 2.63. The molecular weight excluding hydrogens is 308 g/mol. The highest BCUT2D eigenvalue weighted by molar-refractivity contribution is 6.28. The first-order valence-electron chi connectivity index (χ1n) is 7.59. The average molecular weight is 329 g/mol. The summed E-state index contributed by atoms with van der Waals surface area (Å²) < 4.78 is 10.7. The zero-order valence-corrected chi connectivity index (χ0v) is 13.3. The van der Waals surface area contributed by atoms with Crippen molar-refractivity contribution >= 4 is 23.5 Å². The first-order chi connectivity index (χ1) is 10.8. The van der Waals surface area contributed by atoms with Gasteiger partial charge in [-0.2, -0.15) is 15.0 Å². The van der Waals surface area contributed by atoms with Crippen molar-refractivity contribution < 1.29 is 9.47 Å². The highest BCUT2D eigenvalue weighted by Crippen LogP contribution is 2.14. The van der Waals surface area contributed by atoms with E-state index in [2.05, 4.69) is 30.1 Å². The Hall–Kier alpha value is -1.22. The summed E-state index contributed by atoms with van der Waals surface area (Å²) in [5.41, 5.74) is 0. The van der Waals surface area contributed by atoms with Gasteiger partial charge in [-0.3, -0.25) is 4.90 Å². The second-order valence-electron chi connectivity index (χ2n) is 5.21. The van der Waals surface area contributed by atoms with Crippen LogP contribution in [0.3, 0.4) is 0 Å². The number of halogens is 1. The number of nitrogens with one attached hydrogen (secondary N) is 1. The van der Waals surface area contributed by atoms with E-state index in [0.717, 1.165) is 52.5 Å². The SMILES string of the molecule is Clc1nc(NCCN2CCOCC2)nc(N2CCOCC2)n1. The fourth-order valence-electron chi connectivity index (χ4n) is 2.47. The van der Waals surface area contributed by atoms with E-state index in [1.807, 2.05) is 0 Å². The van der Waals surface area contributed by atoms with Gasteiger partial charge in [-0.1, -0.05) is 0 Å². The molecule has 22 heavy (non-hydrogen) atoms. The maximum atomic E-state index is 6.01. The third kappa shape index (κ3) is 4.39. The summed E-state index contributed by atoms with van der Waals surface area (Å²) in [5.74, 6) is 1.13. The lowest BCUT2D eigenvalue weighted by atomic mass is 10.4. The largest absolute Gasteiger partial charge is 0.379 e. The van der Waals surface area contributed by atoms with Gasteiger partial charge in [0.25, 0.3) is 0 Å². The molecule has 0 spiro atoms. The highest BCUT2D eigenvalue weighted by atomic mass is 35.5. The van der Waals surface area contributed by atoms with Crippen LogP contribution in [0.4, 0.5) is 11.9 Å². The Morgan fingerprint density at radius 1 is 0.955 bits per heavy atom. The van der Waals surface area contributed by atoms with Gasteiger partial charge in [-0.15, -0.1) is 0 Å². The van der Waals surface area contributed by atoms with Crippen LogP contribution in [-0.2, 0) is 9.47 Å². The Bertz CT molecular complexity index is 480. The van der Waals surface area contributed by atoms with E-state index in [-0.39, 0.29) is 5.28 Å². The van der Waals surface area contributed by atoms with Crippen LogP contribution in [0.1, 0.15) is 0 Å². The molecule has 0 atom stereocenters. The van der Waals surface area contributed by atoms with Crippen molar-refractivity contribution in [1.82, 2.24) is 19.9 Å². The number of ether oxygens (including phenoxy) is 2. The molecule has 0 aromatic carbocycles. The van der Waals surface area contributed by atoms with Crippen LogP contribution in [0.5, 0.6) is 0 Å². The second kappa shape index (κ2) is 7.87. The predicted molar refractivity (Wildman–Crippen MR) is 83.6 cm³/mol. The van der Waals surface area contributed by atoms with Gasteiger partial charge in [-0.05, 0) is 11.6 Å². The molecular formula is C13H21ClN6O2. The van der Waals surface area contributed by atoms with E-state index in [0.29, 0.717) is 25.1 Å². The van der Waals surface area contributed by atoms with E-state index >= 15 is 0 Å². The summed E-state index contributed by atoms with van der Waals surface area (Å²) in [6.45, 7) is 8.16. The lowest BCUT2D eigenvalue weighted by molar-refractivity contribution is 0.0398. The van der Waals surface area contributed by atoms with Crippen molar-refractivity contribution in [1.29, 1.82) is 0 Å². The zero-order valence-electron chi connectivity index (χ0n) is 12.5. The molecule has 2 aliphatic rings. The maximum Gasteiger partial charge on any atom is 0.231 e. The molecule has 1 aromatic rings. The summed E-state index contributed by atoms with van der Waals surface area (Å²) in [5, 5.41) is 3.44. The summed E-state index contributed by atoms with van der Waals surface area (Å²) in [6, 6.07) is 0. The number of anilines is 2. The quantitative estimate of drug-likeness (QED) is 0.816. The van der Waals surface area contributed by atoms with Crippen molar-refractivity contribution in [3.63, 3.8) is 0 Å². The smallest absolute Gasteiger partial charge is 0.231 e. The Morgan fingerprint density at radius 3 is 2.36 bits per heavy atom. The molecule has 8 nitrogen and oxygen atoms in total. The van der Waals surface area contributed by atoms with Crippen molar-refractivity contribution in [2.75, 3.05) is 75.9 Å². The molecule has 1 N–H and O–H groups in total. The maximum absolute atomic E-state index is 6.01. The Kier molecular flexibility index (Phi) is 5.60. The molecule has 0 radical (unpaired) electrons. The lowest BCUT2D eigenvalue weighted by Gasteiger charge is -2.27. The number of rotatable bonds is 5. The molecule has 9 heteroatoms. The van der Waals surface area contributed by atoms with Gasteiger partial charge in [0.2, 0.25) is 17.2 Å². The van der Waals surface area contributed by atoms with E-state index < -0.39 is 0 Å². The fraction of sp³-hybridized carbons (Fsp3) is 0.769. The van der Waals surface area contributed by atoms with E-state index in [9.17, 15) is 0 Å². The molecule has 122 valence electrons. The zero-order chi connectivity index (χ0) is 15.2. The molecule has 0 bridgehead atoms. The minimum absolute atomic E-state index is 0.213. The predicted octanol–water partition coefficient (Wildman–Crippen LogP) is 0.106. The molecule has 0 saturated carbocycles. The van der Waals surface area contributed by atoms with Crippen LogP contribution < -0.4 is 10.2 Å². The van der Waals surface area contributed by atoms with Gasteiger partial charge in [0.1, 0.15) is 0 Å². The van der Waals surface area contributed by atoms with Gasteiger partial charge in [0.15, 0.2) is 0 Å². The number of nitrogens with zero attached hydrogens (tertiary/aromatic N) is 5. The van der Waals surface area contributed by atoms with Crippen LogP contribution in [0, 0.1) is 0 Å². The first-order valence-corrected chi connectivity index (χ1v) is 7.97. The molecule has 2 fully saturated rings. The molecule has 2 aliphatic heterocycles. The van der Waals surface area contributed by atoms with Gasteiger partial charge in [0.05, 0.1) is 26.4 Å². The molecule has 3 rings (SSSR count). The molecule has 2 saturated heterocycles. The minimum Gasteiger partial charge on any atom is -0.379 e. The van der Waals surface area contributed by atoms with Crippen molar-refractivity contribution in [2.45, 2.75) is 0 Å². The Balaban J connectivity index is 1.54. The van der Waals surface area contributed by atoms with E-state index in [1.54, 1.807) is 0 Å². The first kappa shape index (κ1) is 15.7. The van der Waals surface area contributed by atoms with Crippen LogP contribution in [-0.4, -0.2) is 85.5 Å². The summed E-state index contributed by atoms with van der Waals surface area (Å²) >= 11 is 6.01. The normalized spacial score (nSPS) is 20.1. The van der Waals surface area contributed by atoms with Crippen molar-refractivity contribution in [3.05, 3.63) is 5.28 Å². The molecule has 0 amide bonds. The van der Waals surface area contributed by atoms with Gasteiger partial charge >= 0.3 is 0 Å². The van der Waals surface area contributed by atoms with Crippen LogP contribution in [0.15, 0.2) is 0 Å². The van der Waals surface area contributed by atoms with Crippen LogP contribution in [0.2, 0.25) is 5.28 Å². The highest BCUT2D eigenvalue weighted by Gasteiger charge is 2.16.